The van der Waals surface area contributed by atoms with Crippen molar-refractivity contribution < 1.29 is 28.3 Å². The number of amides is 2. The van der Waals surface area contributed by atoms with E-state index in [1.807, 2.05) is 20.8 Å². The molecular weight excluding hydrogens is 426 g/mol. The maximum atomic E-state index is 12.5. The largest absolute Gasteiger partial charge is 0.494 e. The minimum Gasteiger partial charge on any atom is -0.494 e. The van der Waals surface area contributed by atoms with Crippen LogP contribution < -0.4 is 24.8 Å². The minimum absolute atomic E-state index is 0.182. The molecule has 2 aromatic carbocycles. The Morgan fingerprint density at radius 1 is 1.03 bits per heavy atom. The lowest BCUT2D eigenvalue weighted by atomic mass is 10.2. The van der Waals surface area contributed by atoms with Crippen LogP contribution in [-0.4, -0.2) is 37.2 Å². The van der Waals surface area contributed by atoms with Crippen molar-refractivity contribution in [2.45, 2.75) is 27.4 Å². The number of carbonyl (C=O) groups excluding carboxylic acids is 2. The average Bonchev–Trinajstić information content (AvgIpc) is 3.14. The molecule has 3 aromatic rings. The quantitative estimate of drug-likeness (QED) is 0.482. The summed E-state index contributed by atoms with van der Waals surface area (Å²) in [5, 5.41) is 9.22. The molecule has 0 fully saturated rings. The lowest BCUT2D eigenvalue weighted by Crippen LogP contribution is -2.32. The number of ether oxygens (including phenoxy) is 3. The Hall–Kier alpha value is -4.01. The van der Waals surface area contributed by atoms with E-state index in [-0.39, 0.29) is 19.1 Å². The molecule has 0 aliphatic carbocycles. The molecule has 0 aliphatic rings. The average molecular weight is 453 g/mol. The number of aromatic nitrogens is 1. The van der Waals surface area contributed by atoms with Crippen LogP contribution in [0.3, 0.4) is 0 Å². The molecule has 0 atom stereocenters. The van der Waals surface area contributed by atoms with Gasteiger partial charge in [-0.1, -0.05) is 5.16 Å². The first-order valence-electron chi connectivity index (χ1n) is 10.4. The minimum atomic E-state index is -0.410. The number of anilines is 1. The molecular formula is C24H27N3O6. The SMILES string of the molecule is CCOc1ccc(NC(=O)CNC(=O)c2ccc(OCc3c(C)noc3C)c(OC)c2)cc1. The van der Waals surface area contributed by atoms with Crippen LogP contribution >= 0.6 is 0 Å². The van der Waals surface area contributed by atoms with Crippen LogP contribution in [0.2, 0.25) is 0 Å². The number of benzene rings is 2. The zero-order valence-electron chi connectivity index (χ0n) is 19.1. The fourth-order valence-electron chi connectivity index (χ4n) is 3.05. The van der Waals surface area contributed by atoms with Gasteiger partial charge < -0.3 is 29.4 Å². The van der Waals surface area contributed by atoms with E-state index in [2.05, 4.69) is 15.8 Å². The van der Waals surface area contributed by atoms with Gasteiger partial charge in [0.25, 0.3) is 5.91 Å². The van der Waals surface area contributed by atoms with Crippen LogP contribution in [0.1, 0.15) is 34.3 Å². The first-order chi connectivity index (χ1) is 15.9. The van der Waals surface area contributed by atoms with Crippen LogP contribution in [0.5, 0.6) is 17.2 Å². The Morgan fingerprint density at radius 2 is 1.79 bits per heavy atom. The molecule has 2 N–H and O–H groups in total. The Balaban J connectivity index is 1.55. The molecule has 9 nitrogen and oxygen atoms in total. The summed E-state index contributed by atoms with van der Waals surface area (Å²) in [5.74, 6) is 1.52. The fraction of sp³-hybridized carbons (Fsp3) is 0.292. The molecule has 0 saturated heterocycles. The molecule has 33 heavy (non-hydrogen) atoms. The number of carbonyl (C=O) groups is 2. The van der Waals surface area contributed by atoms with Gasteiger partial charge in [0.15, 0.2) is 11.5 Å². The van der Waals surface area contributed by atoms with Crippen LogP contribution in [0.25, 0.3) is 0 Å². The summed E-state index contributed by atoms with van der Waals surface area (Å²) in [4.78, 5) is 24.7. The molecule has 9 heteroatoms. The number of aryl methyl sites for hydroxylation is 2. The maximum absolute atomic E-state index is 12.5. The van der Waals surface area contributed by atoms with E-state index in [1.54, 1.807) is 42.5 Å². The van der Waals surface area contributed by atoms with Gasteiger partial charge in [-0.15, -0.1) is 0 Å². The summed E-state index contributed by atoms with van der Waals surface area (Å²) in [6.07, 6.45) is 0. The Morgan fingerprint density at radius 3 is 2.42 bits per heavy atom. The predicted octanol–water partition coefficient (Wildman–Crippen LogP) is 3.65. The lowest BCUT2D eigenvalue weighted by molar-refractivity contribution is -0.115. The fourth-order valence-corrected chi connectivity index (χ4v) is 3.05. The summed E-state index contributed by atoms with van der Waals surface area (Å²) >= 11 is 0. The first-order valence-corrected chi connectivity index (χ1v) is 10.4. The monoisotopic (exact) mass is 453 g/mol. The van der Waals surface area contributed by atoms with Gasteiger partial charge in [-0.05, 0) is 63.2 Å². The van der Waals surface area contributed by atoms with E-state index in [1.165, 1.54) is 7.11 Å². The van der Waals surface area contributed by atoms with Crippen molar-refractivity contribution in [3.8, 4) is 17.2 Å². The molecule has 0 unspecified atom stereocenters. The zero-order valence-corrected chi connectivity index (χ0v) is 19.1. The summed E-state index contributed by atoms with van der Waals surface area (Å²) in [6.45, 7) is 6.20. The third-order valence-electron chi connectivity index (χ3n) is 4.84. The number of hydrogen-bond acceptors (Lipinski definition) is 7. The number of nitrogens with zero attached hydrogens (tertiary/aromatic N) is 1. The van der Waals surface area contributed by atoms with Gasteiger partial charge in [0, 0.05) is 11.3 Å². The van der Waals surface area contributed by atoms with Crippen LogP contribution in [0.15, 0.2) is 47.0 Å². The molecule has 0 bridgehead atoms. The van der Waals surface area contributed by atoms with Crippen LogP contribution in [-0.2, 0) is 11.4 Å². The number of nitrogens with one attached hydrogen (secondary N) is 2. The van der Waals surface area contributed by atoms with Gasteiger partial charge in [0.1, 0.15) is 18.1 Å². The highest BCUT2D eigenvalue weighted by Gasteiger charge is 2.15. The van der Waals surface area contributed by atoms with Gasteiger partial charge in [-0.3, -0.25) is 9.59 Å². The third-order valence-corrected chi connectivity index (χ3v) is 4.84. The van der Waals surface area contributed by atoms with E-state index in [9.17, 15) is 9.59 Å². The Kier molecular flexibility index (Phi) is 7.91. The van der Waals surface area contributed by atoms with Crippen molar-refractivity contribution >= 4 is 17.5 Å². The highest BCUT2D eigenvalue weighted by molar-refractivity contribution is 5.99. The number of methoxy groups -OCH3 is 1. The summed E-state index contributed by atoms with van der Waals surface area (Å²) in [7, 11) is 1.49. The highest BCUT2D eigenvalue weighted by atomic mass is 16.5. The molecule has 2 amide bonds. The van der Waals surface area contributed by atoms with Gasteiger partial charge in [-0.25, -0.2) is 0 Å². The van der Waals surface area contributed by atoms with Crippen molar-refractivity contribution in [2.75, 3.05) is 25.6 Å². The van der Waals surface area contributed by atoms with Gasteiger partial charge in [-0.2, -0.15) is 0 Å². The second-order valence-electron chi connectivity index (χ2n) is 7.15. The zero-order chi connectivity index (χ0) is 23.8. The topological polar surface area (TPSA) is 112 Å². The molecule has 174 valence electrons. The molecule has 0 aliphatic heterocycles. The lowest BCUT2D eigenvalue weighted by Gasteiger charge is -2.12. The van der Waals surface area contributed by atoms with E-state index >= 15 is 0 Å². The molecule has 0 saturated carbocycles. The van der Waals surface area contributed by atoms with Crippen molar-refractivity contribution in [3.63, 3.8) is 0 Å². The van der Waals surface area contributed by atoms with Gasteiger partial charge in [0.05, 0.1) is 31.5 Å². The van der Waals surface area contributed by atoms with Crippen molar-refractivity contribution in [1.82, 2.24) is 10.5 Å². The second-order valence-corrected chi connectivity index (χ2v) is 7.15. The third kappa shape index (κ3) is 6.25. The number of rotatable bonds is 10. The molecule has 1 heterocycles. The van der Waals surface area contributed by atoms with Crippen LogP contribution in [0.4, 0.5) is 5.69 Å². The van der Waals surface area contributed by atoms with E-state index in [0.717, 1.165) is 17.0 Å². The maximum Gasteiger partial charge on any atom is 0.251 e. The molecule has 0 radical (unpaired) electrons. The number of hydrogen-bond donors (Lipinski definition) is 2. The normalized spacial score (nSPS) is 10.4. The van der Waals surface area contributed by atoms with E-state index in [0.29, 0.717) is 35.1 Å². The molecule has 1 aromatic heterocycles. The molecule has 3 rings (SSSR count). The summed E-state index contributed by atoms with van der Waals surface area (Å²) in [5.41, 5.74) is 2.56. The van der Waals surface area contributed by atoms with Crippen molar-refractivity contribution in [3.05, 3.63) is 65.0 Å². The Bertz CT molecular complexity index is 1090. The standard InChI is InChI=1S/C24H27N3O6/c1-5-31-19-9-7-18(8-10-19)26-23(28)13-25-24(29)17-6-11-21(22(12-17)30-4)32-14-20-15(2)27-33-16(20)3/h6-12H,5,13-14H2,1-4H3,(H,25,29)(H,26,28). The summed E-state index contributed by atoms with van der Waals surface area (Å²) < 4.78 is 21.7. The van der Waals surface area contributed by atoms with Crippen LogP contribution in [0, 0.1) is 13.8 Å². The predicted molar refractivity (Wildman–Crippen MR) is 122 cm³/mol. The Labute approximate surface area is 192 Å². The van der Waals surface area contributed by atoms with Gasteiger partial charge in [0.2, 0.25) is 5.91 Å². The molecule has 0 spiro atoms. The van der Waals surface area contributed by atoms with E-state index in [4.69, 9.17) is 18.7 Å². The first kappa shape index (κ1) is 23.6. The second kappa shape index (κ2) is 11.0. The van der Waals surface area contributed by atoms with Crippen molar-refractivity contribution in [1.29, 1.82) is 0 Å². The van der Waals surface area contributed by atoms with E-state index < -0.39 is 5.91 Å². The highest BCUT2D eigenvalue weighted by Crippen LogP contribution is 2.29. The summed E-state index contributed by atoms with van der Waals surface area (Å²) in [6, 6.07) is 11.8. The van der Waals surface area contributed by atoms with Gasteiger partial charge >= 0.3 is 0 Å². The smallest absolute Gasteiger partial charge is 0.251 e. The van der Waals surface area contributed by atoms with Crippen molar-refractivity contribution in [2.24, 2.45) is 0 Å².